The highest BCUT2D eigenvalue weighted by Crippen LogP contribution is 2.24. The van der Waals surface area contributed by atoms with Crippen LogP contribution in [0.3, 0.4) is 0 Å². The number of hydrogen-bond donors (Lipinski definition) is 1. The van der Waals surface area contributed by atoms with Crippen molar-refractivity contribution in [1.82, 2.24) is 10.6 Å². The molecule has 2 fully saturated rings. The number of hydrogen-bond acceptors (Lipinski definition) is 1. The highest BCUT2D eigenvalue weighted by Gasteiger charge is 2.16. The Kier molecular flexibility index (Phi) is 4.94. The quantitative estimate of drug-likeness (QED) is 0.754. The molecule has 87 valence electrons. The minimum Gasteiger partial charge on any atom is -0.317 e. The molecule has 2 aliphatic rings. The Balaban J connectivity index is 1.53. The van der Waals surface area contributed by atoms with Gasteiger partial charge in [0.25, 0.3) is 0 Å². The zero-order valence-electron chi connectivity index (χ0n) is 9.88. The standard InChI is InChI=1S/C13H25N2/c1(2-12-4-8-14-9-5-12)3-13-6-10-15-11-7-13/h12-14H,1-11H2. The van der Waals surface area contributed by atoms with E-state index in [4.69, 9.17) is 0 Å². The summed E-state index contributed by atoms with van der Waals surface area (Å²) in [5.41, 5.74) is 0. The summed E-state index contributed by atoms with van der Waals surface area (Å²) in [6, 6.07) is 0. The molecule has 2 aliphatic heterocycles. The lowest BCUT2D eigenvalue weighted by Gasteiger charge is -2.25. The van der Waals surface area contributed by atoms with Crippen molar-refractivity contribution >= 4 is 0 Å². The molecule has 0 amide bonds. The molecular weight excluding hydrogens is 184 g/mol. The van der Waals surface area contributed by atoms with E-state index < -0.39 is 0 Å². The lowest BCUT2D eigenvalue weighted by atomic mass is 9.87. The molecule has 0 saturated carbocycles. The summed E-state index contributed by atoms with van der Waals surface area (Å²) in [7, 11) is 0. The highest BCUT2D eigenvalue weighted by molar-refractivity contribution is 4.71. The zero-order chi connectivity index (χ0) is 10.3. The van der Waals surface area contributed by atoms with Gasteiger partial charge in [-0.2, -0.15) is 0 Å². The van der Waals surface area contributed by atoms with Crippen molar-refractivity contribution < 1.29 is 0 Å². The summed E-state index contributed by atoms with van der Waals surface area (Å²) in [6.45, 7) is 4.79. The van der Waals surface area contributed by atoms with E-state index in [9.17, 15) is 0 Å². The van der Waals surface area contributed by atoms with Gasteiger partial charge in [0.2, 0.25) is 0 Å². The van der Waals surface area contributed by atoms with Crippen LogP contribution in [0, 0.1) is 11.8 Å². The number of rotatable bonds is 4. The maximum absolute atomic E-state index is 4.42. The van der Waals surface area contributed by atoms with Crippen LogP contribution < -0.4 is 10.6 Å². The van der Waals surface area contributed by atoms with E-state index in [1.54, 1.807) is 0 Å². The Morgan fingerprint density at radius 1 is 0.867 bits per heavy atom. The first kappa shape index (κ1) is 11.4. The molecular formula is C13H25N2. The SMILES string of the molecule is C(CC1CC[N]CC1)CC1CCNCC1. The van der Waals surface area contributed by atoms with Crippen molar-refractivity contribution in [2.45, 2.75) is 44.9 Å². The normalized spacial score (nSPS) is 25.6. The van der Waals surface area contributed by atoms with E-state index >= 15 is 0 Å². The molecule has 0 unspecified atom stereocenters. The van der Waals surface area contributed by atoms with Crippen LogP contribution in [0.2, 0.25) is 0 Å². The molecule has 0 aromatic carbocycles. The Hall–Kier alpha value is -0.0800. The zero-order valence-corrected chi connectivity index (χ0v) is 9.88. The van der Waals surface area contributed by atoms with Crippen molar-refractivity contribution in [2.75, 3.05) is 26.2 Å². The fourth-order valence-corrected chi connectivity index (χ4v) is 2.96. The van der Waals surface area contributed by atoms with Gasteiger partial charge in [-0.25, -0.2) is 5.32 Å². The third-order valence-corrected chi connectivity index (χ3v) is 4.07. The van der Waals surface area contributed by atoms with E-state index in [1.165, 1.54) is 58.0 Å². The summed E-state index contributed by atoms with van der Waals surface area (Å²) in [4.78, 5) is 0. The van der Waals surface area contributed by atoms with Crippen molar-refractivity contribution in [1.29, 1.82) is 0 Å². The number of piperidine rings is 2. The van der Waals surface area contributed by atoms with Gasteiger partial charge >= 0.3 is 0 Å². The maximum Gasteiger partial charge on any atom is 0.0136 e. The Morgan fingerprint density at radius 3 is 2.13 bits per heavy atom. The van der Waals surface area contributed by atoms with Crippen LogP contribution in [-0.4, -0.2) is 26.2 Å². The molecule has 2 rings (SSSR count). The first-order valence-electron chi connectivity index (χ1n) is 6.79. The molecule has 0 spiro atoms. The lowest BCUT2D eigenvalue weighted by Crippen LogP contribution is -2.28. The van der Waals surface area contributed by atoms with Crippen LogP contribution in [-0.2, 0) is 0 Å². The Labute approximate surface area is 94.2 Å². The monoisotopic (exact) mass is 209 g/mol. The minimum atomic E-state index is 1.00. The van der Waals surface area contributed by atoms with E-state index in [2.05, 4.69) is 10.6 Å². The third kappa shape index (κ3) is 4.12. The average molecular weight is 209 g/mol. The van der Waals surface area contributed by atoms with Crippen LogP contribution in [0.5, 0.6) is 0 Å². The second-order valence-corrected chi connectivity index (χ2v) is 5.24. The van der Waals surface area contributed by atoms with Crippen molar-refractivity contribution in [3.8, 4) is 0 Å². The molecule has 0 aromatic rings. The number of nitrogens with zero attached hydrogens (tertiary/aromatic N) is 1. The predicted octanol–water partition coefficient (Wildman–Crippen LogP) is 2.17. The maximum atomic E-state index is 4.42. The van der Waals surface area contributed by atoms with Crippen LogP contribution in [0.25, 0.3) is 0 Å². The van der Waals surface area contributed by atoms with Crippen molar-refractivity contribution in [3.05, 3.63) is 0 Å². The fourth-order valence-electron chi connectivity index (χ4n) is 2.96. The van der Waals surface area contributed by atoms with Gasteiger partial charge in [0, 0.05) is 13.1 Å². The average Bonchev–Trinajstić information content (AvgIpc) is 2.32. The van der Waals surface area contributed by atoms with Crippen LogP contribution in [0.1, 0.15) is 44.9 Å². The smallest absolute Gasteiger partial charge is 0.0136 e. The predicted molar refractivity (Wildman–Crippen MR) is 64.0 cm³/mol. The lowest BCUT2D eigenvalue weighted by molar-refractivity contribution is 0.303. The summed E-state index contributed by atoms with van der Waals surface area (Å²) in [5.74, 6) is 2.03. The minimum absolute atomic E-state index is 1.00. The Bertz CT molecular complexity index is 140. The second-order valence-electron chi connectivity index (χ2n) is 5.24. The fraction of sp³-hybridized carbons (Fsp3) is 1.00. The molecule has 0 bridgehead atoms. The summed E-state index contributed by atoms with van der Waals surface area (Å²) >= 11 is 0. The molecule has 0 aliphatic carbocycles. The summed E-state index contributed by atoms with van der Waals surface area (Å²) < 4.78 is 0. The van der Waals surface area contributed by atoms with Gasteiger partial charge < -0.3 is 5.32 Å². The molecule has 15 heavy (non-hydrogen) atoms. The van der Waals surface area contributed by atoms with E-state index in [0.717, 1.165) is 24.9 Å². The largest absolute Gasteiger partial charge is 0.317 e. The topological polar surface area (TPSA) is 26.1 Å². The first-order chi connectivity index (χ1) is 7.45. The van der Waals surface area contributed by atoms with Gasteiger partial charge in [-0.1, -0.05) is 19.3 Å². The van der Waals surface area contributed by atoms with Crippen LogP contribution >= 0.6 is 0 Å². The van der Waals surface area contributed by atoms with Gasteiger partial charge in [0.1, 0.15) is 0 Å². The van der Waals surface area contributed by atoms with E-state index in [0.29, 0.717) is 0 Å². The summed E-state index contributed by atoms with van der Waals surface area (Å²) in [6.07, 6.45) is 9.99. The Morgan fingerprint density at radius 2 is 1.47 bits per heavy atom. The third-order valence-electron chi connectivity index (χ3n) is 4.07. The van der Waals surface area contributed by atoms with E-state index in [1.807, 2.05) is 0 Å². The molecule has 1 N–H and O–H groups in total. The van der Waals surface area contributed by atoms with Gasteiger partial charge in [0.05, 0.1) is 0 Å². The highest BCUT2D eigenvalue weighted by atomic mass is 14.9. The second kappa shape index (κ2) is 6.49. The van der Waals surface area contributed by atoms with Gasteiger partial charge in [0.15, 0.2) is 0 Å². The molecule has 2 heteroatoms. The van der Waals surface area contributed by atoms with Crippen LogP contribution in [0.4, 0.5) is 0 Å². The molecule has 0 aromatic heterocycles. The first-order valence-corrected chi connectivity index (χ1v) is 6.79. The molecule has 0 atom stereocenters. The number of nitrogens with one attached hydrogen (secondary N) is 1. The van der Waals surface area contributed by atoms with Crippen molar-refractivity contribution in [3.63, 3.8) is 0 Å². The van der Waals surface area contributed by atoms with Gasteiger partial charge in [-0.15, -0.1) is 0 Å². The van der Waals surface area contributed by atoms with Gasteiger partial charge in [-0.05, 0) is 50.6 Å². The van der Waals surface area contributed by atoms with Crippen LogP contribution in [0.15, 0.2) is 0 Å². The van der Waals surface area contributed by atoms with Crippen molar-refractivity contribution in [2.24, 2.45) is 11.8 Å². The van der Waals surface area contributed by atoms with E-state index in [-0.39, 0.29) is 0 Å². The van der Waals surface area contributed by atoms with Gasteiger partial charge in [-0.3, -0.25) is 0 Å². The molecule has 2 saturated heterocycles. The molecule has 2 heterocycles. The molecule has 1 radical (unpaired) electrons. The molecule has 2 nitrogen and oxygen atoms in total. The summed E-state index contributed by atoms with van der Waals surface area (Å²) in [5, 5.41) is 7.86.